The number of hydrogen-bond donors (Lipinski definition) is 1. The summed E-state index contributed by atoms with van der Waals surface area (Å²) in [6, 6.07) is 6.23. The van der Waals surface area contributed by atoms with Crippen LogP contribution in [0.4, 0.5) is 0 Å². The van der Waals surface area contributed by atoms with Crippen LogP contribution < -0.4 is 10.1 Å². The number of benzene rings is 1. The first-order valence-corrected chi connectivity index (χ1v) is 6.30. The van der Waals surface area contributed by atoms with Gasteiger partial charge in [0.15, 0.2) is 0 Å². The first-order valence-electron chi connectivity index (χ1n) is 6.30. The van der Waals surface area contributed by atoms with E-state index in [4.69, 9.17) is 4.74 Å². The fourth-order valence-corrected chi connectivity index (χ4v) is 1.60. The average Bonchev–Trinajstić information content (AvgIpc) is 2.28. The Hall–Kier alpha value is -1.46. The molecule has 0 radical (unpaired) electrons. The quantitative estimate of drug-likeness (QED) is 0.822. The van der Waals surface area contributed by atoms with Crippen molar-refractivity contribution in [3.05, 3.63) is 29.3 Å². The Morgan fingerprint density at radius 1 is 1.28 bits per heavy atom. The van der Waals surface area contributed by atoms with Crippen LogP contribution in [0.15, 0.2) is 18.2 Å². The highest BCUT2D eigenvalue weighted by molar-refractivity contribution is 5.41. The molecule has 0 atom stereocenters. The summed E-state index contributed by atoms with van der Waals surface area (Å²) in [4.78, 5) is 0. The predicted molar refractivity (Wildman–Crippen MR) is 76.7 cm³/mol. The van der Waals surface area contributed by atoms with Gasteiger partial charge >= 0.3 is 0 Å². The third-order valence-corrected chi connectivity index (χ3v) is 2.57. The van der Waals surface area contributed by atoms with Crippen molar-refractivity contribution in [1.82, 2.24) is 5.32 Å². The van der Waals surface area contributed by atoms with E-state index in [2.05, 4.69) is 63.1 Å². The molecule has 2 heteroatoms. The van der Waals surface area contributed by atoms with E-state index in [1.807, 2.05) is 6.92 Å². The Balaban J connectivity index is 2.81. The zero-order valence-corrected chi connectivity index (χ0v) is 12.1. The van der Waals surface area contributed by atoms with Gasteiger partial charge in [-0.3, -0.25) is 0 Å². The fraction of sp³-hybridized carbons (Fsp3) is 0.500. The van der Waals surface area contributed by atoms with E-state index in [0.717, 1.165) is 17.9 Å². The van der Waals surface area contributed by atoms with E-state index in [1.165, 1.54) is 5.56 Å². The summed E-state index contributed by atoms with van der Waals surface area (Å²) >= 11 is 0. The molecule has 1 aromatic rings. The number of para-hydroxylation sites is 1. The maximum Gasteiger partial charge on any atom is 0.149 e. The monoisotopic (exact) mass is 245 g/mol. The molecule has 1 aromatic carbocycles. The molecule has 0 aliphatic carbocycles. The molecule has 0 unspecified atom stereocenters. The number of ether oxygens (including phenoxy) is 1. The molecular weight excluding hydrogens is 222 g/mol. The van der Waals surface area contributed by atoms with Gasteiger partial charge in [-0.05, 0) is 40.2 Å². The number of hydrogen-bond acceptors (Lipinski definition) is 2. The normalized spacial score (nSPS) is 10.7. The maximum atomic E-state index is 5.76. The van der Waals surface area contributed by atoms with Gasteiger partial charge in [0.2, 0.25) is 0 Å². The Morgan fingerprint density at radius 2 is 2.00 bits per heavy atom. The predicted octanol–water partition coefficient (Wildman–Crippen LogP) is 3.29. The lowest BCUT2D eigenvalue weighted by Gasteiger charge is -2.22. The molecule has 0 aliphatic heterocycles. The van der Waals surface area contributed by atoms with Gasteiger partial charge in [-0.2, -0.15) is 0 Å². The molecule has 2 nitrogen and oxygen atoms in total. The summed E-state index contributed by atoms with van der Waals surface area (Å²) in [5.74, 6) is 6.73. The van der Waals surface area contributed by atoms with Crippen molar-refractivity contribution in [3.63, 3.8) is 0 Å². The van der Waals surface area contributed by atoms with E-state index in [9.17, 15) is 0 Å². The van der Waals surface area contributed by atoms with Gasteiger partial charge in [0.25, 0.3) is 0 Å². The van der Waals surface area contributed by atoms with E-state index in [0.29, 0.717) is 6.61 Å². The van der Waals surface area contributed by atoms with Crippen LogP contribution in [0, 0.1) is 18.8 Å². The van der Waals surface area contributed by atoms with Crippen molar-refractivity contribution < 1.29 is 4.74 Å². The first kappa shape index (κ1) is 14.6. The highest BCUT2D eigenvalue weighted by atomic mass is 16.5. The number of aryl methyl sites for hydroxylation is 1. The minimum atomic E-state index is 0.101. The molecule has 0 saturated heterocycles. The SMILES string of the molecule is CC#CCOc1c(C)cccc1CNC(C)(C)C. The van der Waals surface area contributed by atoms with Gasteiger partial charge in [-0.15, -0.1) is 5.92 Å². The average molecular weight is 245 g/mol. The Bertz CT molecular complexity index is 446. The topological polar surface area (TPSA) is 21.3 Å². The molecule has 98 valence electrons. The van der Waals surface area contributed by atoms with E-state index >= 15 is 0 Å². The van der Waals surface area contributed by atoms with Gasteiger partial charge in [0.05, 0.1) is 0 Å². The van der Waals surface area contributed by atoms with E-state index in [-0.39, 0.29) is 5.54 Å². The van der Waals surface area contributed by atoms with Gasteiger partial charge in [-0.25, -0.2) is 0 Å². The van der Waals surface area contributed by atoms with Crippen LogP contribution in [-0.4, -0.2) is 12.1 Å². The summed E-state index contributed by atoms with van der Waals surface area (Å²) in [6.45, 7) is 11.6. The second-order valence-corrected chi connectivity index (χ2v) is 5.38. The second kappa shape index (κ2) is 6.47. The smallest absolute Gasteiger partial charge is 0.149 e. The Morgan fingerprint density at radius 3 is 2.61 bits per heavy atom. The largest absolute Gasteiger partial charge is 0.480 e. The van der Waals surface area contributed by atoms with E-state index < -0.39 is 0 Å². The van der Waals surface area contributed by atoms with Crippen molar-refractivity contribution in [3.8, 4) is 17.6 Å². The van der Waals surface area contributed by atoms with Crippen molar-refractivity contribution in [2.75, 3.05) is 6.61 Å². The molecule has 0 bridgehead atoms. The third-order valence-electron chi connectivity index (χ3n) is 2.57. The molecule has 0 spiro atoms. The van der Waals surface area contributed by atoms with Crippen LogP contribution >= 0.6 is 0 Å². The number of nitrogens with one attached hydrogen (secondary N) is 1. The second-order valence-electron chi connectivity index (χ2n) is 5.38. The summed E-state index contributed by atoms with van der Waals surface area (Å²) in [5, 5.41) is 3.48. The Kier molecular flexibility index (Phi) is 5.25. The van der Waals surface area contributed by atoms with Gasteiger partial charge < -0.3 is 10.1 Å². The zero-order chi connectivity index (χ0) is 13.6. The lowest BCUT2D eigenvalue weighted by atomic mass is 10.1. The van der Waals surface area contributed by atoms with Crippen LogP contribution in [0.3, 0.4) is 0 Å². The lowest BCUT2D eigenvalue weighted by Crippen LogP contribution is -2.35. The standard InChI is InChI=1S/C16H23NO/c1-6-7-11-18-15-13(2)9-8-10-14(15)12-17-16(3,4)5/h8-10,17H,11-12H2,1-5H3. The summed E-state index contributed by atoms with van der Waals surface area (Å²) < 4.78 is 5.76. The molecule has 1 N–H and O–H groups in total. The molecule has 0 saturated carbocycles. The molecule has 0 amide bonds. The minimum Gasteiger partial charge on any atom is -0.480 e. The van der Waals surface area contributed by atoms with Crippen molar-refractivity contribution in [1.29, 1.82) is 0 Å². The van der Waals surface area contributed by atoms with Crippen LogP contribution in [-0.2, 0) is 6.54 Å². The minimum absolute atomic E-state index is 0.101. The van der Waals surface area contributed by atoms with Crippen molar-refractivity contribution >= 4 is 0 Å². The Labute approximate surface area is 111 Å². The molecule has 0 fully saturated rings. The van der Waals surface area contributed by atoms with Crippen LogP contribution in [0.2, 0.25) is 0 Å². The van der Waals surface area contributed by atoms with Crippen LogP contribution in [0.5, 0.6) is 5.75 Å². The molecule has 0 aliphatic rings. The molecule has 0 aromatic heterocycles. The lowest BCUT2D eigenvalue weighted by molar-refractivity contribution is 0.356. The maximum absolute atomic E-state index is 5.76. The van der Waals surface area contributed by atoms with Gasteiger partial charge in [0, 0.05) is 17.6 Å². The van der Waals surface area contributed by atoms with Crippen molar-refractivity contribution in [2.24, 2.45) is 0 Å². The highest BCUT2D eigenvalue weighted by Gasteiger charge is 2.12. The fourth-order valence-electron chi connectivity index (χ4n) is 1.60. The third kappa shape index (κ3) is 4.81. The molecule has 0 heterocycles. The molecule has 18 heavy (non-hydrogen) atoms. The van der Waals surface area contributed by atoms with Crippen LogP contribution in [0.25, 0.3) is 0 Å². The van der Waals surface area contributed by atoms with Crippen LogP contribution in [0.1, 0.15) is 38.8 Å². The molecule has 1 rings (SSSR count). The summed E-state index contributed by atoms with van der Waals surface area (Å²) in [7, 11) is 0. The molecular formula is C16H23NO. The highest BCUT2D eigenvalue weighted by Crippen LogP contribution is 2.23. The van der Waals surface area contributed by atoms with Gasteiger partial charge in [-0.1, -0.05) is 24.1 Å². The number of rotatable bonds is 4. The van der Waals surface area contributed by atoms with Gasteiger partial charge in [0.1, 0.15) is 12.4 Å². The first-order chi connectivity index (χ1) is 8.44. The zero-order valence-electron chi connectivity index (χ0n) is 12.1. The van der Waals surface area contributed by atoms with Crippen molar-refractivity contribution in [2.45, 2.75) is 46.7 Å². The summed E-state index contributed by atoms with van der Waals surface area (Å²) in [5.41, 5.74) is 2.44. The van der Waals surface area contributed by atoms with E-state index in [1.54, 1.807) is 0 Å². The summed E-state index contributed by atoms with van der Waals surface area (Å²) in [6.07, 6.45) is 0.